The summed E-state index contributed by atoms with van der Waals surface area (Å²) in [6, 6.07) is 8.16. The monoisotopic (exact) mass is 400 g/mol. The summed E-state index contributed by atoms with van der Waals surface area (Å²) >= 11 is 1.91. The summed E-state index contributed by atoms with van der Waals surface area (Å²) in [6.07, 6.45) is 0. The summed E-state index contributed by atoms with van der Waals surface area (Å²) in [4.78, 5) is 22.4. The average Bonchev–Trinajstić information content (AvgIpc) is 2.37. The second-order valence-corrected chi connectivity index (χ2v) is 5.55. The molecule has 5 nitrogen and oxygen atoms in total. The highest BCUT2D eigenvalue weighted by atomic mass is 127. The van der Waals surface area contributed by atoms with E-state index in [9.17, 15) is 19.3 Å². The average molecular weight is 400 g/mol. The molecule has 0 aromatic heterocycles. The standard InChI is InChI=1S/C14H10FIN2O3/c1-8-4-9(15)6-10(5-8)17-14(19)12-7-11(18(20)21)2-3-13(12)16/h2-7H,1H3,(H,17,19). The first-order chi connectivity index (χ1) is 9.86. The lowest BCUT2D eigenvalue weighted by Gasteiger charge is -2.08. The van der Waals surface area contributed by atoms with Crippen molar-refractivity contribution in [1.82, 2.24) is 0 Å². The number of carbonyl (C=O) groups is 1. The van der Waals surface area contributed by atoms with Gasteiger partial charge in [0.1, 0.15) is 5.82 Å². The smallest absolute Gasteiger partial charge is 0.270 e. The zero-order valence-corrected chi connectivity index (χ0v) is 13.0. The van der Waals surface area contributed by atoms with Crippen molar-refractivity contribution in [1.29, 1.82) is 0 Å². The van der Waals surface area contributed by atoms with Crippen LogP contribution < -0.4 is 5.32 Å². The van der Waals surface area contributed by atoms with E-state index in [4.69, 9.17) is 0 Å². The summed E-state index contributed by atoms with van der Waals surface area (Å²) in [6.45, 7) is 1.70. The van der Waals surface area contributed by atoms with E-state index in [1.807, 2.05) is 22.6 Å². The van der Waals surface area contributed by atoms with Crippen molar-refractivity contribution < 1.29 is 14.1 Å². The van der Waals surface area contributed by atoms with Crippen molar-refractivity contribution in [3.05, 3.63) is 67.0 Å². The highest BCUT2D eigenvalue weighted by Crippen LogP contribution is 2.21. The molecule has 0 aliphatic carbocycles. The number of non-ortho nitro benzene ring substituents is 1. The molecule has 7 heteroatoms. The maximum absolute atomic E-state index is 13.3. The van der Waals surface area contributed by atoms with Crippen LogP contribution in [-0.4, -0.2) is 10.8 Å². The van der Waals surface area contributed by atoms with Gasteiger partial charge in [-0.15, -0.1) is 0 Å². The van der Waals surface area contributed by atoms with Gasteiger partial charge in [-0.3, -0.25) is 14.9 Å². The fourth-order valence-electron chi connectivity index (χ4n) is 1.81. The third-order valence-electron chi connectivity index (χ3n) is 2.71. The van der Waals surface area contributed by atoms with Crippen molar-refractivity contribution in [2.75, 3.05) is 5.32 Å². The quantitative estimate of drug-likeness (QED) is 0.483. The molecule has 0 atom stereocenters. The molecule has 108 valence electrons. The lowest BCUT2D eigenvalue weighted by atomic mass is 10.1. The molecule has 2 rings (SSSR count). The third-order valence-corrected chi connectivity index (χ3v) is 3.65. The van der Waals surface area contributed by atoms with Crippen molar-refractivity contribution in [3.8, 4) is 0 Å². The molecule has 21 heavy (non-hydrogen) atoms. The van der Waals surface area contributed by atoms with Crippen molar-refractivity contribution >= 4 is 39.9 Å². The third kappa shape index (κ3) is 3.75. The Labute approximate surface area is 133 Å². The zero-order chi connectivity index (χ0) is 15.6. The molecule has 0 radical (unpaired) electrons. The van der Waals surface area contributed by atoms with Crippen LogP contribution in [0.4, 0.5) is 15.8 Å². The van der Waals surface area contributed by atoms with Crippen LogP contribution in [0.3, 0.4) is 0 Å². The topological polar surface area (TPSA) is 72.2 Å². The SMILES string of the molecule is Cc1cc(F)cc(NC(=O)c2cc([N+](=O)[O-])ccc2I)c1. The Hall–Kier alpha value is -2.03. The summed E-state index contributed by atoms with van der Waals surface area (Å²) < 4.78 is 13.9. The number of hydrogen-bond donors (Lipinski definition) is 1. The second kappa shape index (κ2) is 6.17. The Kier molecular flexibility index (Phi) is 4.51. The van der Waals surface area contributed by atoms with Crippen molar-refractivity contribution in [3.63, 3.8) is 0 Å². The highest BCUT2D eigenvalue weighted by Gasteiger charge is 2.16. The number of hydrogen-bond acceptors (Lipinski definition) is 3. The number of anilines is 1. The van der Waals surface area contributed by atoms with Crippen LogP contribution >= 0.6 is 22.6 Å². The molecule has 0 bridgehead atoms. The largest absolute Gasteiger partial charge is 0.322 e. The van der Waals surface area contributed by atoms with Gasteiger partial charge in [0.05, 0.1) is 10.5 Å². The number of nitro groups is 1. The Morgan fingerprint density at radius 1 is 1.29 bits per heavy atom. The van der Waals surface area contributed by atoms with Crippen LogP contribution in [0.15, 0.2) is 36.4 Å². The van der Waals surface area contributed by atoms with Crippen LogP contribution in [0.1, 0.15) is 15.9 Å². The summed E-state index contributed by atoms with van der Waals surface area (Å²) in [5.74, 6) is -0.980. The molecule has 0 saturated heterocycles. The molecule has 0 aliphatic rings. The Morgan fingerprint density at radius 3 is 2.62 bits per heavy atom. The highest BCUT2D eigenvalue weighted by molar-refractivity contribution is 14.1. The van der Waals surface area contributed by atoms with E-state index >= 15 is 0 Å². The number of rotatable bonds is 3. The minimum Gasteiger partial charge on any atom is -0.322 e. The number of nitro benzene ring substituents is 1. The van der Waals surface area contributed by atoms with Gasteiger partial charge in [-0.25, -0.2) is 4.39 Å². The van der Waals surface area contributed by atoms with E-state index in [0.29, 0.717) is 14.8 Å². The molecule has 1 amide bonds. The first-order valence-electron chi connectivity index (χ1n) is 5.89. The molecular weight excluding hydrogens is 390 g/mol. The van der Waals surface area contributed by atoms with Gasteiger partial charge >= 0.3 is 0 Å². The minimum atomic E-state index is -0.570. The van der Waals surface area contributed by atoms with Gasteiger partial charge < -0.3 is 5.32 Å². The molecule has 0 heterocycles. The van der Waals surface area contributed by atoms with Gasteiger partial charge in [0.2, 0.25) is 0 Å². The van der Waals surface area contributed by atoms with Gasteiger partial charge in [0.15, 0.2) is 0 Å². The van der Waals surface area contributed by atoms with Crippen LogP contribution in [-0.2, 0) is 0 Å². The van der Waals surface area contributed by atoms with E-state index in [1.54, 1.807) is 13.0 Å². The number of aryl methyl sites for hydroxylation is 1. The molecule has 1 N–H and O–H groups in total. The van der Waals surface area contributed by atoms with Gasteiger partial charge in [-0.2, -0.15) is 0 Å². The van der Waals surface area contributed by atoms with Gasteiger partial charge in [0.25, 0.3) is 11.6 Å². The van der Waals surface area contributed by atoms with Gasteiger partial charge in [-0.05, 0) is 59.3 Å². The second-order valence-electron chi connectivity index (χ2n) is 4.39. The van der Waals surface area contributed by atoms with Crippen LogP contribution in [0.5, 0.6) is 0 Å². The Bertz CT molecular complexity index is 714. The summed E-state index contributed by atoms with van der Waals surface area (Å²) in [7, 11) is 0. The maximum Gasteiger partial charge on any atom is 0.270 e. The van der Waals surface area contributed by atoms with Crippen molar-refractivity contribution in [2.45, 2.75) is 6.92 Å². The maximum atomic E-state index is 13.3. The minimum absolute atomic E-state index is 0.170. The molecular formula is C14H10FIN2O3. The Morgan fingerprint density at radius 2 is 2.00 bits per heavy atom. The number of nitrogens with zero attached hydrogens (tertiary/aromatic N) is 1. The number of amides is 1. The Balaban J connectivity index is 2.31. The molecule has 0 unspecified atom stereocenters. The van der Waals surface area contributed by atoms with Gasteiger partial charge in [0, 0.05) is 21.4 Å². The molecule has 0 aliphatic heterocycles. The first kappa shape index (κ1) is 15.4. The fourth-order valence-corrected chi connectivity index (χ4v) is 2.39. The molecule has 0 saturated carbocycles. The van der Waals surface area contributed by atoms with Gasteiger partial charge in [-0.1, -0.05) is 0 Å². The van der Waals surface area contributed by atoms with E-state index in [-0.39, 0.29) is 11.3 Å². The molecule has 0 fully saturated rings. The fraction of sp³-hybridized carbons (Fsp3) is 0.0714. The van der Waals surface area contributed by atoms with E-state index in [1.165, 1.54) is 30.3 Å². The van der Waals surface area contributed by atoms with E-state index < -0.39 is 16.6 Å². The lowest BCUT2D eigenvalue weighted by Crippen LogP contribution is -2.14. The van der Waals surface area contributed by atoms with Crippen LogP contribution in [0.2, 0.25) is 0 Å². The van der Waals surface area contributed by atoms with Crippen molar-refractivity contribution in [2.24, 2.45) is 0 Å². The zero-order valence-electron chi connectivity index (χ0n) is 10.9. The summed E-state index contributed by atoms with van der Waals surface area (Å²) in [5.41, 5.74) is 0.974. The predicted molar refractivity (Wildman–Crippen MR) is 84.9 cm³/mol. The normalized spacial score (nSPS) is 10.2. The van der Waals surface area contributed by atoms with Crippen LogP contribution in [0, 0.1) is 26.4 Å². The number of carbonyl (C=O) groups excluding carboxylic acids is 1. The molecule has 2 aromatic carbocycles. The number of halogens is 2. The summed E-state index contributed by atoms with van der Waals surface area (Å²) in [5, 5.41) is 13.3. The first-order valence-corrected chi connectivity index (χ1v) is 6.97. The number of nitrogens with one attached hydrogen (secondary N) is 1. The number of benzene rings is 2. The lowest BCUT2D eigenvalue weighted by molar-refractivity contribution is -0.384. The van der Waals surface area contributed by atoms with E-state index in [0.717, 1.165) is 0 Å². The van der Waals surface area contributed by atoms with Crippen LogP contribution in [0.25, 0.3) is 0 Å². The van der Waals surface area contributed by atoms with E-state index in [2.05, 4.69) is 5.32 Å². The molecule has 0 spiro atoms. The molecule has 2 aromatic rings. The predicted octanol–water partition coefficient (Wildman–Crippen LogP) is 3.90.